The summed E-state index contributed by atoms with van der Waals surface area (Å²) in [6, 6.07) is 18.0. The molecule has 7 heteroatoms. The summed E-state index contributed by atoms with van der Waals surface area (Å²) in [7, 11) is 0. The predicted octanol–water partition coefficient (Wildman–Crippen LogP) is 3.80. The van der Waals surface area contributed by atoms with Crippen molar-refractivity contribution in [1.82, 2.24) is 10.6 Å². The molecule has 2 saturated heterocycles. The van der Waals surface area contributed by atoms with E-state index in [1.54, 1.807) is 18.2 Å². The summed E-state index contributed by atoms with van der Waals surface area (Å²) in [5.74, 6) is -0.388. The summed E-state index contributed by atoms with van der Waals surface area (Å²) < 4.78 is 14.9. The lowest BCUT2D eigenvalue weighted by Crippen LogP contribution is -2.43. The number of nitrogens with zero attached hydrogens (tertiary/aromatic N) is 2. The maximum absolute atomic E-state index is 14.9. The van der Waals surface area contributed by atoms with Crippen LogP contribution < -0.4 is 20.4 Å². The van der Waals surface area contributed by atoms with Crippen LogP contribution in [0.5, 0.6) is 5.75 Å². The Hall–Kier alpha value is -3.58. The largest absolute Gasteiger partial charge is 0.507 e. The molecule has 2 heterocycles. The zero-order chi connectivity index (χ0) is 22.1. The van der Waals surface area contributed by atoms with Gasteiger partial charge in [-0.2, -0.15) is 0 Å². The molecule has 0 spiro atoms. The minimum atomic E-state index is -0.495. The van der Waals surface area contributed by atoms with Gasteiger partial charge in [0, 0.05) is 56.1 Å². The number of hydrogen-bond acceptors (Lipinski definition) is 4. The van der Waals surface area contributed by atoms with E-state index in [-0.39, 0.29) is 17.5 Å². The normalized spacial score (nSPS) is 16.3. The smallest absolute Gasteiger partial charge is 0.322 e. The molecule has 0 atom stereocenters. The quantitative estimate of drug-likeness (QED) is 0.587. The highest BCUT2D eigenvalue weighted by Gasteiger charge is 2.24. The fraction of sp³-hybridized carbons (Fsp3) is 0.240. The summed E-state index contributed by atoms with van der Waals surface area (Å²) in [6.07, 6.45) is 0. The second-order valence-corrected chi connectivity index (χ2v) is 8.04. The molecule has 32 heavy (non-hydrogen) atoms. The number of carbonyl (C=O) groups is 1. The third-order valence-electron chi connectivity index (χ3n) is 6.08. The zero-order valence-electron chi connectivity index (χ0n) is 17.6. The van der Waals surface area contributed by atoms with Crippen LogP contribution in [0.1, 0.15) is 0 Å². The van der Waals surface area contributed by atoms with Crippen molar-refractivity contribution in [3.05, 3.63) is 66.5 Å². The second-order valence-electron chi connectivity index (χ2n) is 8.04. The van der Waals surface area contributed by atoms with Gasteiger partial charge < -0.3 is 20.6 Å². The third-order valence-corrected chi connectivity index (χ3v) is 6.08. The van der Waals surface area contributed by atoms with E-state index in [9.17, 15) is 14.3 Å². The van der Waals surface area contributed by atoms with E-state index < -0.39 is 5.82 Å². The Kier molecular flexibility index (Phi) is 5.41. The van der Waals surface area contributed by atoms with E-state index in [4.69, 9.17) is 0 Å². The summed E-state index contributed by atoms with van der Waals surface area (Å²) in [5, 5.41) is 17.1. The SMILES string of the molecule is O=C1NCCN1c1ccc(-c2cccc(-c3cccc(N4CCNCC4)c3)c2O)cc1F. The van der Waals surface area contributed by atoms with Crippen molar-refractivity contribution in [3.8, 4) is 28.0 Å². The number of piperazine rings is 1. The van der Waals surface area contributed by atoms with Crippen LogP contribution in [-0.4, -0.2) is 50.4 Å². The van der Waals surface area contributed by atoms with Gasteiger partial charge in [0.2, 0.25) is 0 Å². The first-order chi connectivity index (χ1) is 15.6. The van der Waals surface area contributed by atoms with Crippen LogP contribution in [0, 0.1) is 5.82 Å². The zero-order valence-corrected chi connectivity index (χ0v) is 17.6. The van der Waals surface area contributed by atoms with Crippen LogP contribution in [0.15, 0.2) is 60.7 Å². The van der Waals surface area contributed by atoms with Gasteiger partial charge in [0.25, 0.3) is 0 Å². The van der Waals surface area contributed by atoms with E-state index in [0.717, 1.165) is 37.4 Å². The number of aromatic hydroxyl groups is 1. The molecule has 2 fully saturated rings. The van der Waals surface area contributed by atoms with Crippen LogP contribution in [0.4, 0.5) is 20.6 Å². The van der Waals surface area contributed by atoms with Crippen molar-refractivity contribution in [1.29, 1.82) is 0 Å². The summed E-state index contributed by atoms with van der Waals surface area (Å²) in [6.45, 7) is 4.71. The number of nitrogens with one attached hydrogen (secondary N) is 2. The first-order valence-corrected chi connectivity index (χ1v) is 10.9. The number of phenolic OH excluding ortho intramolecular Hbond substituents is 1. The van der Waals surface area contributed by atoms with Crippen molar-refractivity contribution >= 4 is 17.4 Å². The Bertz CT molecular complexity index is 1160. The highest BCUT2D eigenvalue weighted by molar-refractivity contribution is 5.94. The minimum absolute atomic E-state index is 0.107. The highest BCUT2D eigenvalue weighted by atomic mass is 19.1. The Morgan fingerprint density at radius 2 is 1.56 bits per heavy atom. The number of halogens is 1. The lowest BCUT2D eigenvalue weighted by molar-refractivity contribution is 0.252. The molecule has 3 aromatic rings. The van der Waals surface area contributed by atoms with E-state index in [2.05, 4.69) is 27.7 Å². The number of urea groups is 1. The summed E-state index contributed by atoms with van der Waals surface area (Å²) >= 11 is 0. The van der Waals surface area contributed by atoms with Crippen molar-refractivity contribution in [2.24, 2.45) is 0 Å². The van der Waals surface area contributed by atoms with Gasteiger partial charge in [0.1, 0.15) is 11.6 Å². The number of amides is 2. The third kappa shape index (κ3) is 3.76. The monoisotopic (exact) mass is 432 g/mol. The average molecular weight is 432 g/mol. The Morgan fingerprint density at radius 1 is 0.844 bits per heavy atom. The van der Waals surface area contributed by atoms with Crippen molar-refractivity contribution in [2.45, 2.75) is 0 Å². The highest BCUT2D eigenvalue weighted by Crippen LogP contribution is 2.40. The average Bonchev–Trinajstić information content (AvgIpc) is 3.25. The number of hydrogen-bond donors (Lipinski definition) is 3. The van der Waals surface area contributed by atoms with Gasteiger partial charge in [-0.3, -0.25) is 4.90 Å². The van der Waals surface area contributed by atoms with Crippen LogP contribution in [0.2, 0.25) is 0 Å². The fourth-order valence-corrected chi connectivity index (χ4v) is 4.40. The number of para-hydroxylation sites is 1. The van der Waals surface area contributed by atoms with Crippen LogP contribution in [0.3, 0.4) is 0 Å². The van der Waals surface area contributed by atoms with Gasteiger partial charge >= 0.3 is 6.03 Å². The maximum Gasteiger partial charge on any atom is 0.322 e. The molecule has 0 radical (unpaired) electrons. The van der Waals surface area contributed by atoms with Gasteiger partial charge in [-0.05, 0) is 35.4 Å². The van der Waals surface area contributed by atoms with Crippen LogP contribution >= 0.6 is 0 Å². The number of anilines is 2. The molecule has 2 aliphatic rings. The molecule has 6 nitrogen and oxygen atoms in total. The molecule has 3 N–H and O–H groups in total. The molecule has 0 unspecified atom stereocenters. The lowest BCUT2D eigenvalue weighted by Gasteiger charge is -2.29. The summed E-state index contributed by atoms with van der Waals surface area (Å²) in [5.41, 5.74) is 4.07. The van der Waals surface area contributed by atoms with E-state index in [1.807, 2.05) is 24.3 Å². The van der Waals surface area contributed by atoms with Crippen LogP contribution in [-0.2, 0) is 0 Å². The van der Waals surface area contributed by atoms with Gasteiger partial charge in [-0.25, -0.2) is 9.18 Å². The Labute approximate surface area is 186 Å². The van der Waals surface area contributed by atoms with Gasteiger partial charge in [-0.15, -0.1) is 0 Å². The molecular weight excluding hydrogens is 407 g/mol. The maximum atomic E-state index is 14.9. The molecule has 3 aromatic carbocycles. The molecule has 5 rings (SSSR count). The van der Waals surface area contributed by atoms with Gasteiger partial charge in [-0.1, -0.05) is 36.4 Å². The first-order valence-electron chi connectivity index (χ1n) is 10.9. The lowest BCUT2D eigenvalue weighted by atomic mass is 9.96. The molecule has 2 aliphatic heterocycles. The minimum Gasteiger partial charge on any atom is -0.507 e. The Balaban J connectivity index is 1.48. The number of carbonyl (C=O) groups excluding carboxylic acids is 1. The van der Waals surface area contributed by atoms with Crippen molar-refractivity contribution in [3.63, 3.8) is 0 Å². The topological polar surface area (TPSA) is 67.8 Å². The number of rotatable bonds is 4. The Morgan fingerprint density at radius 3 is 2.25 bits per heavy atom. The number of phenols is 1. The number of benzene rings is 3. The van der Waals surface area contributed by atoms with Crippen molar-refractivity contribution < 1.29 is 14.3 Å². The predicted molar refractivity (Wildman–Crippen MR) is 125 cm³/mol. The van der Waals surface area contributed by atoms with E-state index >= 15 is 0 Å². The molecule has 0 aliphatic carbocycles. The van der Waals surface area contributed by atoms with Crippen LogP contribution in [0.25, 0.3) is 22.3 Å². The van der Waals surface area contributed by atoms with E-state index in [1.165, 1.54) is 11.0 Å². The molecule has 164 valence electrons. The van der Waals surface area contributed by atoms with Gasteiger partial charge in [0.05, 0.1) is 5.69 Å². The first kappa shape index (κ1) is 20.3. The van der Waals surface area contributed by atoms with E-state index in [0.29, 0.717) is 29.8 Å². The standard InChI is InChI=1S/C25H25FN4O2/c26-22-16-18(7-8-23(22)30-14-11-28-25(30)32)21-6-2-5-20(24(21)31)17-3-1-4-19(15-17)29-12-9-27-10-13-29/h1-8,15-16,27,31H,9-14H2,(H,28,32). The molecule has 0 aromatic heterocycles. The molecule has 0 saturated carbocycles. The molecule has 0 bridgehead atoms. The summed E-state index contributed by atoms with van der Waals surface area (Å²) in [4.78, 5) is 15.6. The van der Waals surface area contributed by atoms with Gasteiger partial charge in [0.15, 0.2) is 0 Å². The fourth-order valence-electron chi connectivity index (χ4n) is 4.40. The second kappa shape index (κ2) is 8.51. The molecule has 2 amide bonds. The van der Waals surface area contributed by atoms with Crippen molar-refractivity contribution in [2.75, 3.05) is 49.1 Å². The molecular formula is C25H25FN4O2.